The third kappa shape index (κ3) is 4.71. The summed E-state index contributed by atoms with van der Waals surface area (Å²) < 4.78 is 13.5. The number of rotatable bonds is 13. The lowest BCUT2D eigenvalue weighted by atomic mass is 9.70. The van der Waals surface area contributed by atoms with Crippen molar-refractivity contribution in [3.8, 4) is 0 Å². The molecule has 11 heteroatoms. The Bertz CT molecular complexity index is 1230. The maximum Gasteiger partial charge on any atom is 0.312 e. The number of aliphatic hydroxyl groups is 1. The lowest BCUT2D eigenvalue weighted by Crippen LogP contribution is -2.56. The number of benzene rings is 1. The summed E-state index contributed by atoms with van der Waals surface area (Å²) in [6.07, 6.45) is 5.35. The van der Waals surface area contributed by atoms with Gasteiger partial charge in [0.1, 0.15) is 23.8 Å². The highest BCUT2D eigenvalue weighted by molar-refractivity contribution is 5.98. The maximum atomic E-state index is 14.4. The summed E-state index contributed by atoms with van der Waals surface area (Å²) in [5.41, 5.74) is 0.433. The Balaban J connectivity index is 1.46. The van der Waals surface area contributed by atoms with Gasteiger partial charge in [-0.3, -0.25) is 14.4 Å². The second-order valence-electron chi connectivity index (χ2n) is 10.5. The molecule has 3 aliphatic rings. The molecule has 2 amide bonds. The van der Waals surface area contributed by atoms with Crippen LogP contribution in [0.25, 0.3) is 11.0 Å². The van der Waals surface area contributed by atoms with Gasteiger partial charge in [0, 0.05) is 19.7 Å². The molecular weight excluding hydrogens is 502 g/mol. The van der Waals surface area contributed by atoms with Crippen molar-refractivity contribution in [1.29, 1.82) is 0 Å². The van der Waals surface area contributed by atoms with Crippen LogP contribution < -0.4 is 0 Å². The van der Waals surface area contributed by atoms with Gasteiger partial charge in [-0.05, 0) is 44.7 Å². The predicted molar refractivity (Wildman–Crippen MR) is 141 cm³/mol. The van der Waals surface area contributed by atoms with Crippen LogP contribution in [0, 0.1) is 11.8 Å². The molecule has 2 aromatic rings. The van der Waals surface area contributed by atoms with Crippen molar-refractivity contribution in [2.45, 2.75) is 69.9 Å². The lowest BCUT2D eigenvalue weighted by Gasteiger charge is -2.36. The van der Waals surface area contributed by atoms with E-state index in [2.05, 4.69) is 16.9 Å². The zero-order valence-electron chi connectivity index (χ0n) is 22.4. The summed E-state index contributed by atoms with van der Waals surface area (Å²) in [7, 11) is 0. The van der Waals surface area contributed by atoms with Gasteiger partial charge < -0.3 is 24.4 Å². The number of ether oxygens (including phenoxy) is 2. The van der Waals surface area contributed by atoms with E-state index in [0.717, 1.165) is 23.9 Å². The van der Waals surface area contributed by atoms with Crippen molar-refractivity contribution < 1.29 is 29.0 Å². The first-order valence-electron chi connectivity index (χ1n) is 13.9. The number of nitrogens with zero attached hydrogens (tertiary/aromatic N) is 5. The van der Waals surface area contributed by atoms with E-state index in [-0.39, 0.29) is 38.2 Å². The summed E-state index contributed by atoms with van der Waals surface area (Å²) in [4.78, 5) is 44.6. The number of hydrogen-bond acceptors (Lipinski definition) is 8. The summed E-state index contributed by atoms with van der Waals surface area (Å²) >= 11 is 0. The molecule has 210 valence electrons. The summed E-state index contributed by atoms with van der Waals surface area (Å²) in [6.45, 7) is 6.67. The van der Waals surface area contributed by atoms with E-state index < -0.39 is 35.6 Å². The molecule has 2 bridgehead atoms. The molecule has 0 saturated carbocycles. The van der Waals surface area contributed by atoms with E-state index in [1.165, 1.54) is 0 Å². The molecule has 2 unspecified atom stereocenters. The molecule has 3 fully saturated rings. The molecule has 39 heavy (non-hydrogen) atoms. The number of esters is 1. The average molecular weight is 540 g/mol. The van der Waals surface area contributed by atoms with Crippen LogP contribution in [-0.2, 0) is 30.5 Å². The van der Waals surface area contributed by atoms with Crippen molar-refractivity contribution >= 4 is 28.8 Å². The van der Waals surface area contributed by atoms with Crippen molar-refractivity contribution in [1.82, 2.24) is 24.8 Å². The quantitative estimate of drug-likeness (QED) is 0.232. The number of likely N-dealkylation sites (tertiary alicyclic amines) is 1. The first-order chi connectivity index (χ1) is 19.0. The zero-order valence-corrected chi connectivity index (χ0v) is 22.4. The fourth-order valence-electron chi connectivity index (χ4n) is 6.66. The van der Waals surface area contributed by atoms with Gasteiger partial charge in [0.2, 0.25) is 11.8 Å². The molecule has 1 spiro atoms. The monoisotopic (exact) mass is 539 g/mol. The maximum absolute atomic E-state index is 14.4. The second-order valence-corrected chi connectivity index (χ2v) is 10.5. The van der Waals surface area contributed by atoms with Crippen LogP contribution >= 0.6 is 0 Å². The number of para-hydroxylation sites is 1. The number of aliphatic hydroxyl groups excluding tert-OH is 1. The molecule has 1 aromatic heterocycles. The average Bonchev–Trinajstić information content (AvgIpc) is 3.68. The van der Waals surface area contributed by atoms with Crippen LogP contribution in [0.1, 0.15) is 45.4 Å². The van der Waals surface area contributed by atoms with Crippen molar-refractivity contribution in [2.24, 2.45) is 11.8 Å². The normalized spacial score (nSPS) is 27.2. The Morgan fingerprint density at radius 1 is 1.28 bits per heavy atom. The second kappa shape index (κ2) is 11.4. The molecule has 3 saturated heterocycles. The number of hydrogen-bond donors (Lipinski definition) is 1. The van der Waals surface area contributed by atoms with Gasteiger partial charge in [-0.1, -0.05) is 36.3 Å². The SMILES string of the molecule is C=CCN(Cn1nnc2ccccc21)C(=O)C1N(CCCCCCO)C(=O)[C@@H]2[C@H](C(=O)OCC)[C@@H]3CCC12O3. The van der Waals surface area contributed by atoms with E-state index in [1.54, 1.807) is 27.5 Å². The van der Waals surface area contributed by atoms with Gasteiger partial charge in [-0.15, -0.1) is 11.7 Å². The van der Waals surface area contributed by atoms with E-state index in [0.29, 0.717) is 32.2 Å². The Hall–Kier alpha value is -3.31. The highest BCUT2D eigenvalue weighted by Gasteiger charge is 2.75. The van der Waals surface area contributed by atoms with Crippen molar-refractivity contribution in [3.05, 3.63) is 36.9 Å². The Morgan fingerprint density at radius 2 is 2.08 bits per heavy atom. The molecule has 3 aliphatic heterocycles. The Labute approximate surface area is 227 Å². The third-order valence-electron chi connectivity index (χ3n) is 8.29. The molecule has 5 rings (SSSR count). The molecular formula is C28H37N5O6. The van der Waals surface area contributed by atoms with Crippen LogP contribution in [0.4, 0.5) is 0 Å². The number of aromatic nitrogens is 3. The third-order valence-corrected chi connectivity index (χ3v) is 8.29. The highest BCUT2D eigenvalue weighted by atomic mass is 16.6. The van der Waals surface area contributed by atoms with Gasteiger partial charge in [-0.25, -0.2) is 4.68 Å². The molecule has 0 radical (unpaired) electrons. The van der Waals surface area contributed by atoms with Crippen LogP contribution in [-0.4, -0.2) is 91.7 Å². The zero-order chi connectivity index (χ0) is 27.6. The van der Waals surface area contributed by atoms with Gasteiger partial charge in [-0.2, -0.15) is 0 Å². The Morgan fingerprint density at radius 3 is 2.85 bits per heavy atom. The summed E-state index contributed by atoms with van der Waals surface area (Å²) in [6, 6.07) is 6.65. The van der Waals surface area contributed by atoms with Crippen molar-refractivity contribution in [2.75, 3.05) is 26.3 Å². The van der Waals surface area contributed by atoms with Crippen molar-refractivity contribution in [3.63, 3.8) is 0 Å². The minimum atomic E-state index is -1.08. The smallest absolute Gasteiger partial charge is 0.312 e. The van der Waals surface area contributed by atoms with E-state index >= 15 is 0 Å². The van der Waals surface area contributed by atoms with E-state index in [1.807, 2.05) is 24.3 Å². The Kier molecular flexibility index (Phi) is 7.99. The first-order valence-corrected chi connectivity index (χ1v) is 13.9. The highest BCUT2D eigenvalue weighted by Crippen LogP contribution is 2.58. The molecule has 5 atom stereocenters. The van der Waals surface area contributed by atoms with Gasteiger partial charge in [0.15, 0.2) is 0 Å². The first kappa shape index (κ1) is 27.3. The number of fused-ring (bicyclic) bond motifs is 2. The minimum Gasteiger partial charge on any atom is -0.466 e. The van der Waals surface area contributed by atoms with Crippen LogP contribution in [0.3, 0.4) is 0 Å². The topological polar surface area (TPSA) is 127 Å². The van der Waals surface area contributed by atoms with Gasteiger partial charge in [0.05, 0.1) is 30.1 Å². The number of amides is 2. The minimum absolute atomic E-state index is 0.124. The van der Waals surface area contributed by atoms with Crippen LogP contribution in [0.2, 0.25) is 0 Å². The van der Waals surface area contributed by atoms with Gasteiger partial charge >= 0.3 is 5.97 Å². The predicted octanol–water partition coefficient (Wildman–Crippen LogP) is 1.89. The van der Waals surface area contributed by atoms with E-state index in [4.69, 9.17) is 14.6 Å². The molecule has 4 heterocycles. The fourth-order valence-corrected chi connectivity index (χ4v) is 6.66. The van der Waals surface area contributed by atoms with Gasteiger partial charge in [0.25, 0.3) is 0 Å². The molecule has 1 aromatic carbocycles. The lowest BCUT2D eigenvalue weighted by molar-refractivity contribution is -0.155. The van der Waals surface area contributed by atoms with Crippen LogP contribution in [0.5, 0.6) is 0 Å². The fraction of sp³-hybridized carbons (Fsp3) is 0.607. The number of carbonyl (C=O) groups is 3. The molecule has 11 nitrogen and oxygen atoms in total. The molecule has 1 N–H and O–H groups in total. The molecule has 0 aliphatic carbocycles. The summed E-state index contributed by atoms with van der Waals surface area (Å²) in [5.74, 6) is -2.38. The number of unbranched alkanes of at least 4 members (excludes halogenated alkanes) is 3. The van der Waals surface area contributed by atoms with Crippen LogP contribution in [0.15, 0.2) is 36.9 Å². The van der Waals surface area contributed by atoms with E-state index in [9.17, 15) is 14.4 Å². The number of carbonyl (C=O) groups excluding carboxylic acids is 3. The summed E-state index contributed by atoms with van der Waals surface area (Å²) in [5, 5.41) is 17.6. The standard InChI is InChI=1S/C28H37N5O6/c1-3-15-31(18-33-20-12-8-7-11-19(20)29-30-33)26(36)24-28-14-13-21(39-28)22(27(37)38-4-2)23(28)25(35)32(24)16-9-5-6-10-17-34/h3,7-8,11-12,21-24,34H,1,4-6,9-10,13-18H2,2H3/t21-,22+,23-,24?,28?/m0/s1. The largest absolute Gasteiger partial charge is 0.466 e.